The van der Waals surface area contributed by atoms with E-state index in [0.29, 0.717) is 16.4 Å². The van der Waals surface area contributed by atoms with Crippen LogP contribution < -0.4 is 4.90 Å². The van der Waals surface area contributed by atoms with Crippen molar-refractivity contribution in [1.82, 2.24) is 4.98 Å². The molecule has 156 valence electrons. The number of thiazole rings is 1. The molecule has 0 aliphatic heterocycles. The first-order chi connectivity index (χ1) is 14.6. The van der Waals surface area contributed by atoms with E-state index in [9.17, 15) is 9.59 Å². The van der Waals surface area contributed by atoms with Crippen molar-refractivity contribution in [2.24, 2.45) is 0 Å². The number of anilines is 2. The van der Waals surface area contributed by atoms with Gasteiger partial charge in [0.1, 0.15) is 6.61 Å². The summed E-state index contributed by atoms with van der Waals surface area (Å²) in [5.74, 6) is -0.399. The van der Waals surface area contributed by atoms with Gasteiger partial charge in [-0.25, -0.2) is 9.78 Å². The van der Waals surface area contributed by atoms with Crippen LogP contribution in [0.1, 0.15) is 58.7 Å². The van der Waals surface area contributed by atoms with Crippen LogP contribution in [0.15, 0.2) is 35.0 Å². The number of thiophene rings is 1. The summed E-state index contributed by atoms with van der Waals surface area (Å²) in [6.45, 7) is 3.72. The van der Waals surface area contributed by atoms with E-state index in [1.54, 1.807) is 16.2 Å². The van der Waals surface area contributed by atoms with Crippen LogP contribution in [0.2, 0.25) is 0 Å². The molecule has 0 atom stereocenters. The molecule has 5 nitrogen and oxygen atoms in total. The fourth-order valence-corrected chi connectivity index (χ4v) is 5.64. The highest BCUT2D eigenvalue weighted by molar-refractivity contribution is 7.14. The van der Waals surface area contributed by atoms with E-state index in [2.05, 4.69) is 11.9 Å². The fourth-order valence-electron chi connectivity index (χ4n) is 3.66. The average Bonchev–Trinajstić information content (AvgIpc) is 3.40. The first-order valence-corrected chi connectivity index (χ1v) is 11.9. The number of carbonyl (C=O) groups is 2. The fraction of sp³-hybridized carbons (Fsp3) is 0.348. The summed E-state index contributed by atoms with van der Waals surface area (Å²) in [5, 5.41) is 4.33. The standard InChI is InChI=1S/C23H24N2O3S2/c1-3-16-8-10-18(11-9-16)25(15(2)26)23-24-17(13-30-23)12-28-22(27)20-14-29-21-7-5-4-6-19(20)21/h8-11,13-14H,3-7,12H2,1-2H3. The maximum atomic E-state index is 12.6. The summed E-state index contributed by atoms with van der Waals surface area (Å²) in [6, 6.07) is 7.90. The zero-order valence-electron chi connectivity index (χ0n) is 17.1. The number of benzene rings is 1. The molecule has 0 bridgehead atoms. The maximum Gasteiger partial charge on any atom is 0.339 e. The summed E-state index contributed by atoms with van der Waals surface area (Å²) in [5.41, 5.74) is 4.50. The summed E-state index contributed by atoms with van der Waals surface area (Å²) in [7, 11) is 0. The Balaban J connectivity index is 1.45. The molecule has 0 spiro atoms. The molecule has 7 heteroatoms. The lowest BCUT2D eigenvalue weighted by molar-refractivity contribution is -0.115. The Kier molecular flexibility index (Phi) is 6.29. The van der Waals surface area contributed by atoms with Gasteiger partial charge in [-0.2, -0.15) is 0 Å². The smallest absolute Gasteiger partial charge is 0.339 e. The van der Waals surface area contributed by atoms with Gasteiger partial charge in [0.05, 0.1) is 16.9 Å². The molecule has 0 fully saturated rings. The van der Waals surface area contributed by atoms with Crippen LogP contribution in [-0.2, 0) is 35.4 Å². The van der Waals surface area contributed by atoms with Crippen LogP contribution in [-0.4, -0.2) is 16.9 Å². The van der Waals surface area contributed by atoms with Crippen molar-refractivity contribution in [2.75, 3.05) is 4.90 Å². The van der Waals surface area contributed by atoms with Crippen molar-refractivity contribution in [3.63, 3.8) is 0 Å². The van der Waals surface area contributed by atoms with E-state index in [1.807, 2.05) is 35.0 Å². The third kappa shape index (κ3) is 4.32. The first kappa shape index (κ1) is 20.8. The first-order valence-electron chi connectivity index (χ1n) is 10.2. The topological polar surface area (TPSA) is 59.5 Å². The van der Waals surface area contributed by atoms with Gasteiger partial charge in [-0.15, -0.1) is 22.7 Å². The van der Waals surface area contributed by atoms with E-state index in [4.69, 9.17) is 4.74 Å². The number of esters is 1. The number of ether oxygens (including phenoxy) is 1. The Morgan fingerprint density at radius 2 is 1.87 bits per heavy atom. The monoisotopic (exact) mass is 440 g/mol. The molecule has 2 heterocycles. The molecule has 1 amide bonds. The van der Waals surface area contributed by atoms with Gasteiger partial charge in [0, 0.05) is 22.6 Å². The Morgan fingerprint density at radius 1 is 1.10 bits per heavy atom. The second kappa shape index (κ2) is 9.10. The SMILES string of the molecule is CCc1ccc(N(C(C)=O)c2nc(COC(=O)c3csc4c3CCCC4)cs2)cc1. The summed E-state index contributed by atoms with van der Waals surface area (Å²) in [4.78, 5) is 32.3. The van der Waals surface area contributed by atoms with E-state index in [0.717, 1.165) is 36.9 Å². The predicted molar refractivity (Wildman–Crippen MR) is 121 cm³/mol. The third-order valence-corrected chi connectivity index (χ3v) is 7.24. The molecule has 0 radical (unpaired) electrons. The second-order valence-electron chi connectivity index (χ2n) is 7.33. The minimum Gasteiger partial charge on any atom is -0.456 e. The highest BCUT2D eigenvalue weighted by atomic mass is 32.1. The van der Waals surface area contributed by atoms with E-state index in [-0.39, 0.29) is 18.5 Å². The van der Waals surface area contributed by atoms with E-state index in [1.165, 1.54) is 35.1 Å². The molecule has 2 aromatic heterocycles. The molecule has 4 rings (SSSR count). The van der Waals surface area contributed by atoms with E-state index < -0.39 is 0 Å². The van der Waals surface area contributed by atoms with Crippen LogP contribution in [0.25, 0.3) is 0 Å². The summed E-state index contributed by atoms with van der Waals surface area (Å²) < 4.78 is 5.54. The van der Waals surface area contributed by atoms with Gasteiger partial charge in [-0.05, 0) is 55.4 Å². The molecule has 30 heavy (non-hydrogen) atoms. The maximum absolute atomic E-state index is 12.6. The number of fused-ring (bicyclic) bond motifs is 1. The lowest BCUT2D eigenvalue weighted by atomic mass is 9.96. The number of hydrogen-bond donors (Lipinski definition) is 0. The lowest BCUT2D eigenvalue weighted by Gasteiger charge is -2.18. The summed E-state index contributed by atoms with van der Waals surface area (Å²) >= 11 is 3.02. The highest BCUT2D eigenvalue weighted by Gasteiger charge is 2.22. The largest absolute Gasteiger partial charge is 0.456 e. The molecule has 1 aromatic carbocycles. The van der Waals surface area contributed by atoms with E-state index >= 15 is 0 Å². The van der Waals surface area contributed by atoms with Crippen molar-refractivity contribution in [3.8, 4) is 0 Å². The molecule has 3 aromatic rings. The Hall–Kier alpha value is -2.51. The van der Waals surface area contributed by atoms with Crippen LogP contribution in [0.5, 0.6) is 0 Å². The number of aromatic nitrogens is 1. The number of rotatable bonds is 6. The highest BCUT2D eigenvalue weighted by Crippen LogP contribution is 2.32. The van der Waals surface area contributed by atoms with Gasteiger partial charge >= 0.3 is 5.97 Å². The van der Waals surface area contributed by atoms with Gasteiger partial charge < -0.3 is 4.74 Å². The number of aryl methyl sites for hydroxylation is 2. The van der Waals surface area contributed by atoms with Gasteiger partial charge in [-0.3, -0.25) is 9.69 Å². The number of nitrogens with zero attached hydrogens (tertiary/aromatic N) is 2. The molecule has 0 saturated heterocycles. The Bertz CT molecular complexity index is 1050. The normalized spacial score (nSPS) is 13.0. The van der Waals surface area contributed by atoms with Crippen molar-refractivity contribution < 1.29 is 14.3 Å². The quantitative estimate of drug-likeness (QED) is 0.462. The van der Waals surface area contributed by atoms with Crippen molar-refractivity contribution in [2.45, 2.75) is 52.6 Å². The molecule has 0 N–H and O–H groups in total. The third-order valence-electron chi connectivity index (χ3n) is 5.28. The lowest BCUT2D eigenvalue weighted by Crippen LogP contribution is -2.22. The summed E-state index contributed by atoms with van der Waals surface area (Å²) in [6.07, 6.45) is 5.27. The van der Waals surface area contributed by atoms with Gasteiger partial charge in [0.25, 0.3) is 0 Å². The molecule has 1 aliphatic rings. The van der Waals surface area contributed by atoms with Crippen LogP contribution in [0.4, 0.5) is 10.8 Å². The van der Waals surface area contributed by atoms with Crippen molar-refractivity contribution >= 4 is 45.4 Å². The minimum absolute atomic E-state index is 0.0977. The predicted octanol–water partition coefficient (Wildman–Crippen LogP) is 5.69. The Labute approximate surface area is 184 Å². The molecule has 0 saturated carbocycles. The molecule has 1 aliphatic carbocycles. The molecular weight excluding hydrogens is 416 g/mol. The molecule has 0 unspecified atom stereocenters. The number of amides is 1. The van der Waals surface area contributed by atoms with Crippen molar-refractivity contribution in [3.05, 3.63) is 62.3 Å². The van der Waals surface area contributed by atoms with Crippen LogP contribution in [0.3, 0.4) is 0 Å². The average molecular weight is 441 g/mol. The zero-order chi connectivity index (χ0) is 21.1. The van der Waals surface area contributed by atoms with Crippen LogP contribution in [0, 0.1) is 0 Å². The number of carbonyl (C=O) groups excluding carboxylic acids is 2. The van der Waals surface area contributed by atoms with Crippen LogP contribution >= 0.6 is 22.7 Å². The van der Waals surface area contributed by atoms with Gasteiger partial charge in [0.15, 0.2) is 5.13 Å². The van der Waals surface area contributed by atoms with Gasteiger partial charge in [-0.1, -0.05) is 19.1 Å². The zero-order valence-corrected chi connectivity index (χ0v) is 18.8. The Morgan fingerprint density at radius 3 is 2.60 bits per heavy atom. The number of hydrogen-bond acceptors (Lipinski definition) is 6. The second-order valence-corrected chi connectivity index (χ2v) is 9.13. The van der Waals surface area contributed by atoms with Gasteiger partial charge in [0.2, 0.25) is 5.91 Å². The minimum atomic E-state index is -0.289. The molecular formula is C23H24N2O3S2. The van der Waals surface area contributed by atoms with Crippen molar-refractivity contribution in [1.29, 1.82) is 0 Å².